The van der Waals surface area contributed by atoms with Crippen molar-refractivity contribution in [3.8, 4) is 11.3 Å². The van der Waals surface area contributed by atoms with E-state index in [9.17, 15) is 4.79 Å². The van der Waals surface area contributed by atoms with Gasteiger partial charge >= 0.3 is 0 Å². The van der Waals surface area contributed by atoms with Crippen LogP contribution in [-0.2, 0) is 11.3 Å². The first-order valence-electron chi connectivity index (χ1n) is 8.67. The molecule has 7 nitrogen and oxygen atoms in total. The van der Waals surface area contributed by atoms with Crippen molar-refractivity contribution in [2.45, 2.75) is 19.5 Å². The van der Waals surface area contributed by atoms with Crippen LogP contribution in [0.5, 0.6) is 0 Å². The standard InChI is InChI=1S/C19H22N6O/c1-13(26)23(2)16-11-24(12-16)10-14-6-8-15(9-7-14)17-4-3-5-18-21-19(20)22-25(17)18/h3-9,16H,10-12H2,1-2H3,(H2,20,22). The monoisotopic (exact) mass is 350 g/mol. The molecule has 3 heterocycles. The summed E-state index contributed by atoms with van der Waals surface area (Å²) in [5, 5.41) is 4.26. The second kappa shape index (κ2) is 6.42. The van der Waals surface area contributed by atoms with Gasteiger partial charge in [-0.2, -0.15) is 4.98 Å². The Hall–Kier alpha value is -2.93. The largest absolute Gasteiger partial charge is 0.366 e. The van der Waals surface area contributed by atoms with Crippen LogP contribution in [0.1, 0.15) is 12.5 Å². The molecule has 0 aliphatic carbocycles. The summed E-state index contributed by atoms with van der Waals surface area (Å²) in [7, 11) is 1.87. The van der Waals surface area contributed by atoms with Crippen molar-refractivity contribution in [3.05, 3.63) is 48.0 Å². The lowest BCUT2D eigenvalue weighted by Gasteiger charge is -2.43. The molecule has 1 amide bonds. The fourth-order valence-electron chi connectivity index (χ4n) is 3.35. The number of amides is 1. The molecule has 7 heteroatoms. The predicted molar refractivity (Wildman–Crippen MR) is 100 cm³/mol. The average Bonchev–Trinajstić information content (AvgIpc) is 2.97. The van der Waals surface area contributed by atoms with E-state index >= 15 is 0 Å². The number of pyridine rings is 1. The van der Waals surface area contributed by atoms with Gasteiger partial charge < -0.3 is 10.6 Å². The highest BCUT2D eigenvalue weighted by Crippen LogP contribution is 2.23. The second-order valence-corrected chi connectivity index (χ2v) is 6.83. The lowest BCUT2D eigenvalue weighted by atomic mass is 10.0. The van der Waals surface area contributed by atoms with E-state index in [0.717, 1.165) is 36.5 Å². The molecule has 2 aromatic heterocycles. The maximum atomic E-state index is 11.4. The summed E-state index contributed by atoms with van der Waals surface area (Å²) >= 11 is 0. The van der Waals surface area contributed by atoms with E-state index in [2.05, 4.69) is 39.2 Å². The summed E-state index contributed by atoms with van der Waals surface area (Å²) in [6, 6.07) is 14.7. The van der Waals surface area contributed by atoms with Gasteiger partial charge in [-0.15, -0.1) is 5.10 Å². The zero-order chi connectivity index (χ0) is 18.3. The second-order valence-electron chi connectivity index (χ2n) is 6.83. The molecule has 0 saturated carbocycles. The van der Waals surface area contributed by atoms with Crippen LogP contribution in [0.15, 0.2) is 42.5 Å². The van der Waals surface area contributed by atoms with E-state index in [1.807, 2.05) is 30.1 Å². The molecule has 26 heavy (non-hydrogen) atoms. The quantitative estimate of drug-likeness (QED) is 0.774. The Morgan fingerprint density at radius 2 is 1.96 bits per heavy atom. The Morgan fingerprint density at radius 1 is 1.23 bits per heavy atom. The summed E-state index contributed by atoms with van der Waals surface area (Å²) < 4.78 is 1.77. The molecule has 0 radical (unpaired) electrons. The van der Waals surface area contributed by atoms with Gasteiger partial charge in [-0.05, 0) is 17.7 Å². The topological polar surface area (TPSA) is 79.8 Å². The van der Waals surface area contributed by atoms with E-state index < -0.39 is 0 Å². The number of likely N-dealkylation sites (N-methyl/N-ethyl adjacent to an activating group) is 1. The van der Waals surface area contributed by atoms with Gasteiger partial charge in [-0.1, -0.05) is 30.3 Å². The third-order valence-electron chi connectivity index (χ3n) is 5.01. The molecule has 0 bridgehead atoms. The SMILES string of the molecule is CC(=O)N(C)C1CN(Cc2ccc(-c3cccc4nc(N)nn34)cc2)C1. The van der Waals surface area contributed by atoms with Gasteiger partial charge in [0.05, 0.1) is 11.7 Å². The number of anilines is 1. The average molecular weight is 350 g/mol. The smallest absolute Gasteiger partial charge is 0.240 e. The minimum Gasteiger partial charge on any atom is -0.366 e. The fourth-order valence-corrected chi connectivity index (χ4v) is 3.35. The normalized spacial score (nSPS) is 15.2. The van der Waals surface area contributed by atoms with E-state index in [4.69, 9.17) is 5.73 Å². The predicted octanol–water partition coefficient (Wildman–Crippen LogP) is 1.64. The molecule has 1 fully saturated rings. The van der Waals surface area contributed by atoms with Crippen LogP contribution in [0.25, 0.3) is 16.9 Å². The van der Waals surface area contributed by atoms with E-state index in [0.29, 0.717) is 6.04 Å². The molecule has 1 aliphatic heterocycles. The first kappa shape index (κ1) is 16.5. The lowest BCUT2D eigenvalue weighted by molar-refractivity contribution is -0.133. The first-order chi connectivity index (χ1) is 12.5. The van der Waals surface area contributed by atoms with Crippen LogP contribution >= 0.6 is 0 Å². The van der Waals surface area contributed by atoms with Crippen LogP contribution in [0.3, 0.4) is 0 Å². The summed E-state index contributed by atoms with van der Waals surface area (Å²) in [6.07, 6.45) is 0. The number of fused-ring (bicyclic) bond motifs is 1. The highest BCUT2D eigenvalue weighted by molar-refractivity contribution is 5.73. The Morgan fingerprint density at radius 3 is 2.65 bits per heavy atom. The third-order valence-corrected chi connectivity index (χ3v) is 5.01. The number of carbonyl (C=O) groups is 1. The number of rotatable bonds is 4. The van der Waals surface area contributed by atoms with Crippen LogP contribution in [0.2, 0.25) is 0 Å². The summed E-state index contributed by atoms with van der Waals surface area (Å²) in [6.45, 7) is 4.36. The zero-order valence-corrected chi connectivity index (χ0v) is 15.0. The molecule has 134 valence electrons. The Bertz CT molecular complexity index is 942. The minimum atomic E-state index is 0.127. The Balaban J connectivity index is 1.45. The van der Waals surface area contributed by atoms with Gasteiger partial charge in [0.15, 0.2) is 5.65 Å². The Labute approximate surface area is 152 Å². The van der Waals surface area contributed by atoms with Crippen LogP contribution < -0.4 is 5.73 Å². The molecule has 0 spiro atoms. The fraction of sp³-hybridized carbons (Fsp3) is 0.316. The maximum absolute atomic E-state index is 11.4. The van der Waals surface area contributed by atoms with Gasteiger partial charge in [0.1, 0.15) is 0 Å². The number of likely N-dealkylation sites (tertiary alicyclic amines) is 1. The van der Waals surface area contributed by atoms with Crippen LogP contribution in [0, 0.1) is 0 Å². The van der Waals surface area contributed by atoms with Crippen LogP contribution in [0.4, 0.5) is 5.95 Å². The maximum Gasteiger partial charge on any atom is 0.240 e. The molecule has 2 N–H and O–H groups in total. The molecule has 1 aliphatic rings. The molecule has 3 aromatic rings. The summed E-state index contributed by atoms with van der Waals surface area (Å²) in [5.41, 5.74) is 9.74. The minimum absolute atomic E-state index is 0.127. The number of benzene rings is 1. The number of carbonyl (C=O) groups excluding carboxylic acids is 1. The molecule has 1 aromatic carbocycles. The van der Waals surface area contributed by atoms with Gasteiger partial charge in [-0.25, -0.2) is 4.52 Å². The number of nitrogens with zero attached hydrogens (tertiary/aromatic N) is 5. The summed E-state index contributed by atoms with van der Waals surface area (Å²) in [5.74, 6) is 0.402. The molecule has 0 unspecified atom stereocenters. The van der Waals surface area contributed by atoms with E-state index in [1.54, 1.807) is 11.4 Å². The molecular weight excluding hydrogens is 328 g/mol. The Kier molecular flexibility index (Phi) is 4.08. The van der Waals surface area contributed by atoms with Crippen molar-refractivity contribution in [1.82, 2.24) is 24.4 Å². The molecule has 0 atom stereocenters. The lowest BCUT2D eigenvalue weighted by Crippen LogP contribution is -2.58. The number of nitrogen functional groups attached to an aromatic ring is 1. The number of hydrogen-bond donors (Lipinski definition) is 1. The van der Waals surface area contributed by atoms with Crippen molar-refractivity contribution in [3.63, 3.8) is 0 Å². The highest BCUT2D eigenvalue weighted by Gasteiger charge is 2.30. The van der Waals surface area contributed by atoms with E-state index in [-0.39, 0.29) is 11.9 Å². The van der Waals surface area contributed by atoms with Gasteiger partial charge in [0.25, 0.3) is 0 Å². The van der Waals surface area contributed by atoms with Crippen molar-refractivity contribution in [2.75, 3.05) is 25.9 Å². The molecule has 4 rings (SSSR count). The van der Waals surface area contributed by atoms with Crippen molar-refractivity contribution in [2.24, 2.45) is 0 Å². The van der Waals surface area contributed by atoms with Gasteiger partial charge in [0, 0.05) is 39.2 Å². The summed E-state index contributed by atoms with van der Waals surface area (Å²) in [4.78, 5) is 19.8. The van der Waals surface area contributed by atoms with Crippen molar-refractivity contribution >= 4 is 17.5 Å². The highest BCUT2D eigenvalue weighted by atomic mass is 16.2. The van der Waals surface area contributed by atoms with Crippen molar-refractivity contribution in [1.29, 1.82) is 0 Å². The zero-order valence-electron chi connectivity index (χ0n) is 15.0. The molecular formula is C19H22N6O. The van der Waals surface area contributed by atoms with Crippen LogP contribution in [-0.4, -0.2) is 56.5 Å². The number of nitrogens with two attached hydrogens (primary N) is 1. The van der Waals surface area contributed by atoms with Gasteiger partial charge in [0.2, 0.25) is 11.9 Å². The number of hydrogen-bond acceptors (Lipinski definition) is 5. The van der Waals surface area contributed by atoms with E-state index in [1.165, 1.54) is 5.56 Å². The first-order valence-corrected chi connectivity index (χ1v) is 8.67. The third kappa shape index (κ3) is 3.01. The van der Waals surface area contributed by atoms with Crippen molar-refractivity contribution < 1.29 is 4.79 Å². The number of aromatic nitrogens is 3. The molecule has 1 saturated heterocycles. The van der Waals surface area contributed by atoms with Gasteiger partial charge in [-0.3, -0.25) is 9.69 Å².